The molecule has 0 radical (unpaired) electrons. The fourth-order valence-corrected chi connectivity index (χ4v) is 6.53. The molecule has 0 aliphatic heterocycles. The molecule has 0 atom stereocenters. The normalized spacial score (nSPS) is 13.1. The molecule has 1 aliphatic rings. The maximum Gasteiger partial charge on any atom is 0.124 e. The molecule has 0 amide bonds. The van der Waals surface area contributed by atoms with E-state index in [9.17, 15) is 0 Å². The van der Waals surface area contributed by atoms with Crippen LogP contribution in [-0.4, -0.2) is 0 Å². The van der Waals surface area contributed by atoms with E-state index in [0.717, 1.165) is 33.1 Å². The van der Waals surface area contributed by atoms with E-state index in [-0.39, 0.29) is 22.8 Å². The van der Waals surface area contributed by atoms with E-state index in [4.69, 9.17) is 4.42 Å². The molecule has 7 aromatic rings. The molecule has 2 heteroatoms. The van der Waals surface area contributed by atoms with Crippen molar-refractivity contribution < 1.29 is 21.8 Å². The quantitative estimate of drug-likeness (QED) is 0.205. The van der Waals surface area contributed by atoms with Crippen LogP contribution >= 0.6 is 0 Å². The van der Waals surface area contributed by atoms with Gasteiger partial charge in [0.15, 0.2) is 0 Å². The maximum atomic E-state index is 6.32. The van der Waals surface area contributed by atoms with Gasteiger partial charge in [0.2, 0.25) is 0 Å². The summed E-state index contributed by atoms with van der Waals surface area (Å²) in [6.07, 6.45) is 0. The topological polar surface area (TPSA) is 13.1 Å². The molecule has 1 nitrogen and oxygen atoms in total. The van der Waals surface area contributed by atoms with Crippen molar-refractivity contribution in [1.82, 2.24) is 0 Å². The van der Waals surface area contributed by atoms with E-state index in [1.165, 1.54) is 33.4 Å². The summed E-state index contributed by atoms with van der Waals surface area (Å²) in [5, 5.41) is 2.26. The fourth-order valence-electron chi connectivity index (χ4n) is 6.53. The minimum atomic E-state index is -0.381. The number of para-hydroxylation sites is 1. The first-order valence-electron chi connectivity index (χ1n) is 13.0. The Hall–Kier alpha value is -4.35. The van der Waals surface area contributed by atoms with Gasteiger partial charge < -0.3 is 4.42 Å². The molecular weight excluding hydrogens is 512 g/mol. The van der Waals surface area contributed by atoms with Crippen molar-refractivity contribution in [2.75, 3.05) is 0 Å². The molecule has 0 fully saturated rings. The summed E-state index contributed by atoms with van der Waals surface area (Å²) >= 11 is 0. The van der Waals surface area contributed by atoms with Gasteiger partial charge in [-0.05, 0) is 38.9 Å². The molecule has 0 spiro atoms. The monoisotopic (exact) mass is 535 g/mol. The Morgan fingerprint density at radius 3 is 1.85 bits per heavy atom. The van der Waals surface area contributed by atoms with Crippen LogP contribution in [0.1, 0.15) is 22.3 Å². The molecule has 1 aliphatic carbocycles. The van der Waals surface area contributed by atoms with Gasteiger partial charge in [0.05, 0.1) is 5.41 Å². The summed E-state index contributed by atoms with van der Waals surface area (Å²) in [4.78, 5) is 0. The molecule has 184 valence electrons. The minimum absolute atomic E-state index is 0. The summed E-state index contributed by atoms with van der Waals surface area (Å²) in [5.74, 6) is 0. The second kappa shape index (κ2) is 9.14. The molecular formula is C37H23CrO-. The number of hydrogen-bond acceptors (Lipinski definition) is 1. The molecule has 0 N–H and O–H groups in total. The van der Waals surface area contributed by atoms with Crippen LogP contribution in [-0.2, 0) is 22.8 Å². The average molecular weight is 536 g/mol. The van der Waals surface area contributed by atoms with E-state index >= 15 is 0 Å². The van der Waals surface area contributed by atoms with Crippen molar-refractivity contribution in [3.8, 4) is 22.3 Å². The Kier molecular flexibility index (Phi) is 5.57. The summed E-state index contributed by atoms with van der Waals surface area (Å²) in [6.45, 7) is 0. The smallest absolute Gasteiger partial charge is 0.124 e. The van der Waals surface area contributed by atoms with Crippen molar-refractivity contribution in [1.29, 1.82) is 0 Å². The fraction of sp³-hybridized carbons (Fsp3) is 0.0270. The summed E-state index contributed by atoms with van der Waals surface area (Å²) < 4.78 is 6.32. The number of rotatable bonds is 3. The standard InChI is InChI=1S/C37H23O.Cr/c1-2-11-26(12-3-1)37(33-18-7-4-13-29(33)30-14-5-8-19-34(30)37)27-23-21-25(22-24-27)28-16-10-17-32-31-15-6-9-20-35(31)38-36(28)32;/h1-8,10-24H;/q-1;. The van der Waals surface area contributed by atoms with Gasteiger partial charge in [-0.25, -0.2) is 0 Å². The van der Waals surface area contributed by atoms with Crippen molar-refractivity contribution in [2.24, 2.45) is 0 Å². The first-order valence-corrected chi connectivity index (χ1v) is 13.0. The zero-order valence-corrected chi connectivity index (χ0v) is 22.4. The zero-order valence-electron chi connectivity index (χ0n) is 21.1. The van der Waals surface area contributed by atoms with Gasteiger partial charge in [-0.2, -0.15) is 18.2 Å². The number of furan rings is 1. The second-order valence-corrected chi connectivity index (χ2v) is 9.99. The number of benzene rings is 6. The molecule has 0 bridgehead atoms. The number of fused-ring (bicyclic) bond motifs is 6. The van der Waals surface area contributed by atoms with Crippen LogP contribution in [0.15, 0.2) is 144 Å². The molecule has 0 unspecified atom stereocenters. The predicted molar refractivity (Wildman–Crippen MR) is 155 cm³/mol. The second-order valence-electron chi connectivity index (χ2n) is 9.99. The Morgan fingerprint density at radius 1 is 0.513 bits per heavy atom. The van der Waals surface area contributed by atoms with Gasteiger partial charge in [-0.3, -0.25) is 0 Å². The van der Waals surface area contributed by atoms with Crippen molar-refractivity contribution >= 4 is 21.9 Å². The van der Waals surface area contributed by atoms with Crippen LogP contribution in [0, 0.1) is 6.07 Å². The molecule has 39 heavy (non-hydrogen) atoms. The van der Waals surface area contributed by atoms with E-state index in [1.807, 2.05) is 12.1 Å². The van der Waals surface area contributed by atoms with Crippen molar-refractivity contribution in [3.63, 3.8) is 0 Å². The molecule has 0 saturated carbocycles. The molecule has 8 rings (SSSR count). The van der Waals surface area contributed by atoms with Crippen LogP contribution in [0.3, 0.4) is 0 Å². The third-order valence-electron chi connectivity index (χ3n) is 8.13. The van der Waals surface area contributed by atoms with Crippen LogP contribution < -0.4 is 0 Å². The third kappa shape index (κ3) is 3.33. The Balaban J connectivity index is 0.00000253. The van der Waals surface area contributed by atoms with E-state index in [2.05, 4.69) is 133 Å². The van der Waals surface area contributed by atoms with E-state index < -0.39 is 0 Å². The van der Waals surface area contributed by atoms with Gasteiger partial charge >= 0.3 is 0 Å². The third-order valence-corrected chi connectivity index (χ3v) is 8.13. The molecule has 0 saturated heterocycles. The van der Waals surface area contributed by atoms with Crippen LogP contribution in [0.2, 0.25) is 0 Å². The largest absolute Gasteiger partial charge is 0.515 e. The zero-order chi connectivity index (χ0) is 25.1. The van der Waals surface area contributed by atoms with Crippen LogP contribution in [0.5, 0.6) is 0 Å². The Morgan fingerprint density at radius 2 is 1.13 bits per heavy atom. The van der Waals surface area contributed by atoms with Crippen molar-refractivity contribution in [2.45, 2.75) is 5.41 Å². The Labute approximate surface area is 238 Å². The summed E-state index contributed by atoms with van der Waals surface area (Å²) in [7, 11) is 0. The Bertz CT molecular complexity index is 1920. The van der Waals surface area contributed by atoms with Gasteiger partial charge in [-0.15, -0.1) is 6.07 Å². The van der Waals surface area contributed by atoms with Gasteiger partial charge in [-0.1, -0.05) is 127 Å². The van der Waals surface area contributed by atoms with Gasteiger partial charge in [0.1, 0.15) is 5.58 Å². The predicted octanol–water partition coefficient (Wildman–Crippen LogP) is 9.41. The molecule has 1 heterocycles. The maximum absolute atomic E-state index is 6.32. The number of hydrogen-bond donors (Lipinski definition) is 0. The summed E-state index contributed by atoms with van der Waals surface area (Å²) in [5.41, 5.74) is 11.5. The van der Waals surface area contributed by atoms with Crippen molar-refractivity contribution in [3.05, 3.63) is 168 Å². The first kappa shape index (κ1) is 23.7. The van der Waals surface area contributed by atoms with Crippen LogP contribution in [0.4, 0.5) is 0 Å². The average Bonchev–Trinajstić information content (AvgIpc) is 3.52. The van der Waals surface area contributed by atoms with Gasteiger partial charge in [0.25, 0.3) is 0 Å². The van der Waals surface area contributed by atoms with Crippen LogP contribution in [0.25, 0.3) is 44.2 Å². The minimum Gasteiger partial charge on any atom is -0.515 e. The summed E-state index contributed by atoms with van der Waals surface area (Å²) in [6, 6.07) is 53.2. The van der Waals surface area contributed by atoms with Gasteiger partial charge in [0, 0.05) is 33.9 Å². The molecule has 6 aromatic carbocycles. The first-order chi connectivity index (χ1) is 18.9. The van der Waals surface area contributed by atoms with E-state index in [1.54, 1.807) is 0 Å². The molecule has 1 aromatic heterocycles. The van der Waals surface area contributed by atoms with E-state index in [0.29, 0.717) is 0 Å². The SMILES string of the molecule is [Cr].[c-]1ccc2c(c1)oc1c(-c3ccc(C4(c5ccccc5)c5ccccc5-c5ccccc54)cc3)cccc12.